The predicted molar refractivity (Wildman–Crippen MR) is 75.9 cm³/mol. The Balaban J connectivity index is 1.55. The summed E-state index contributed by atoms with van der Waals surface area (Å²) in [6.45, 7) is 1.70. The highest BCUT2D eigenvalue weighted by molar-refractivity contribution is 7.13. The number of H-pyrrole nitrogens is 2. The SMILES string of the molecule is c1csc(-c2[nH]ncc2CNCCc2ncc[nH]2)c1. The minimum absolute atomic E-state index is 0.810. The van der Waals surface area contributed by atoms with Crippen molar-refractivity contribution in [3.05, 3.63) is 47.5 Å². The lowest BCUT2D eigenvalue weighted by Gasteiger charge is -2.03. The summed E-state index contributed by atoms with van der Waals surface area (Å²) in [4.78, 5) is 8.52. The highest BCUT2D eigenvalue weighted by atomic mass is 32.1. The Morgan fingerprint density at radius 3 is 3.16 bits per heavy atom. The molecule has 0 amide bonds. The van der Waals surface area contributed by atoms with Gasteiger partial charge >= 0.3 is 0 Å². The summed E-state index contributed by atoms with van der Waals surface area (Å²) in [6.07, 6.45) is 6.41. The third-order valence-electron chi connectivity index (χ3n) is 2.89. The van der Waals surface area contributed by atoms with Crippen LogP contribution in [0.5, 0.6) is 0 Å². The highest BCUT2D eigenvalue weighted by Gasteiger charge is 2.07. The van der Waals surface area contributed by atoms with Crippen LogP contribution in [0.4, 0.5) is 0 Å². The van der Waals surface area contributed by atoms with Crippen LogP contribution in [0, 0.1) is 0 Å². The van der Waals surface area contributed by atoms with E-state index in [-0.39, 0.29) is 0 Å². The number of aromatic nitrogens is 4. The lowest BCUT2D eigenvalue weighted by atomic mass is 10.2. The van der Waals surface area contributed by atoms with Crippen LogP contribution in [0.15, 0.2) is 36.1 Å². The average molecular weight is 273 g/mol. The van der Waals surface area contributed by atoms with Crippen LogP contribution in [-0.2, 0) is 13.0 Å². The highest BCUT2D eigenvalue weighted by Crippen LogP contribution is 2.25. The van der Waals surface area contributed by atoms with Gasteiger partial charge in [0.25, 0.3) is 0 Å². The largest absolute Gasteiger partial charge is 0.349 e. The minimum Gasteiger partial charge on any atom is -0.349 e. The third-order valence-corrected chi connectivity index (χ3v) is 3.78. The second-order valence-electron chi connectivity index (χ2n) is 4.21. The lowest BCUT2D eigenvalue weighted by molar-refractivity contribution is 0.675. The smallest absolute Gasteiger partial charge is 0.107 e. The first-order chi connectivity index (χ1) is 9.43. The van der Waals surface area contributed by atoms with E-state index >= 15 is 0 Å². The van der Waals surface area contributed by atoms with E-state index in [1.165, 1.54) is 10.4 Å². The Labute approximate surface area is 115 Å². The quantitative estimate of drug-likeness (QED) is 0.603. The molecule has 0 fully saturated rings. The summed E-state index contributed by atoms with van der Waals surface area (Å²) >= 11 is 1.72. The summed E-state index contributed by atoms with van der Waals surface area (Å²) in [6, 6.07) is 4.15. The van der Waals surface area contributed by atoms with Crippen LogP contribution < -0.4 is 5.32 Å². The van der Waals surface area contributed by atoms with Crippen molar-refractivity contribution in [3.8, 4) is 10.6 Å². The van der Waals surface area contributed by atoms with E-state index in [1.54, 1.807) is 17.5 Å². The fourth-order valence-corrected chi connectivity index (χ4v) is 2.70. The van der Waals surface area contributed by atoms with Gasteiger partial charge in [0.2, 0.25) is 0 Å². The molecule has 3 aromatic rings. The van der Waals surface area contributed by atoms with Gasteiger partial charge in [-0.05, 0) is 11.4 Å². The Bertz CT molecular complexity index is 597. The summed E-state index contributed by atoms with van der Waals surface area (Å²) in [7, 11) is 0. The number of nitrogens with zero attached hydrogens (tertiary/aromatic N) is 2. The first kappa shape index (κ1) is 12.1. The second kappa shape index (κ2) is 5.81. The summed E-state index contributed by atoms with van der Waals surface area (Å²) in [5.41, 5.74) is 2.31. The molecule has 0 radical (unpaired) electrons. The Hall–Kier alpha value is -1.92. The molecule has 0 aliphatic heterocycles. The second-order valence-corrected chi connectivity index (χ2v) is 5.16. The van der Waals surface area contributed by atoms with Gasteiger partial charge < -0.3 is 10.3 Å². The number of hydrogen-bond donors (Lipinski definition) is 3. The molecule has 3 heterocycles. The Morgan fingerprint density at radius 2 is 2.37 bits per heavy atom. The Morgan fingerprint density at radius 1 is 1.37 bits per heavy atom. The maximum Gasteiger partial charge on any atom is 0.107 e. The van der Waals surface area contributed by atoms with Gasteiger partial charge in [-0.25, -0.2) is 4.98 Å². The first-order valence-corrected chi connectivity index (χ1v) is 7.06. The van der Waals surface area contributed by atoms with Crippen molar-refractivity contribution in [3.63, 3.8) is 0 Å². The zero-order chi connectivity index (χ0) is 12.9. The lowest BCUT2D eigenvalue weighted by Crippen LogP contribution is -2.17. The zero-order valence-electron chi connectivity index (χ0n) is 10.4. The number of rotatable bonds is 6. The van der Waals surface area contributed by atoms with E-state index < -0.39 is 0 Å². The van der Waals surface area contributed by atoms with Gasteiger partial charge in [0.1, 0.15) is 5.82 Å². The molecule has 0 aliphatic rings. The number of hydrogen-bond acceptors (Lipinski definition) is 4. The molecule has 3 N–H and O–H groups in total. The summed E-state index contributed by atoms with van der Waals surface area (Å²) in [5, 5.41) is 12.7. The molecule has 19 heavy (non-hydrogen) atoms. The molecule has 0 spiro atoms. The molecular formula is C13H15N5S. The first-order valence-electron chi connectivity index (χ1n) is 6.18. The molecule has 0 bridgehead atoms. The molecule has 0 aromatic carbocycles. The molecule has 3 aromatic heterocycles. The number of aromatic amines is 2. The molecule has 0 saturated heterocycles. The van der Waals surface area contributed by atoms with Crippen molar-refractivity contribution in [2.24, 2.45) is 0 Å². The topological polar surface area (TPSA) is 69.4 Å². The molecule has 0 saturated carbocycles. The van der Waals surface area contributed by atoms with E-state index in [1.807, 2.05) is 12.4 Å². The van der Waals surface area contributed by atoms with Crippen LogP contribution in [0.2, 0.25) is 0 Å². The average Bonchev–Trinajstić information content (AvgIpc) is 3.15. The predicted octanol–water partition coefficient (Wildman–Crippen LogP) is 2.19. The molecule has 5 nitrogen and oxygen atoms in total. The van der Waals surface area contributed by atoms with E-state index in [9.17, 15) is 0 Å². The van der Waals surface area contributed by atoms with Crippen molar-refractivity contribution in [1.82, 2.24) is 25.5 Å². The molecular weight excluding hydrogens is 258 g/mol. The molecule has 0 unspecified atom stereocenters. The van der Waals surface area contributed by atoms with Gasteiger partial charge in [0.15, 0.2) is 0 Å². The van der Waals surface area contributed by atoms with Gasteiger partial charge in [-0.1, -0.05) is 6.07 Å². The third kappa shape index (κ3) is 2.91. The van der Waals surface area contributed by atoms with Gasteiger partial charge in [0.05, 0.1) is 16.8 Å². The van der Waals surface area contributed by atoms with Crippen molar-refractivity contribution in [1.29, 1.82) is 0 Å². The fraction of sp³-hybridized carbons (Fsp3) is 0.231. The van der Waals surface area contributed by atoms with Crippen molar-refractivity contribution < 1.29 is 0 Å². The summed E-state index contributed by atoms with van der Waals surface area (Å²) in [5.74, 6) is 1.01. The van der Waals surface area contributed by atoms with E-state index in [0.29, 0.717) is 0 Å². The van der Waals surface area contributed by atoms with Crippen LogP contribution in [-0.4, -0.2) is 26.7 Å². The van der Waals surface area contributed by atoms with Crippen LogP contribution in [0.3, 0.4) is 0 Å². The van der Waals surface area contributed by atoms with Crippen molar-refractivity contribution in [2.75, 3.05) is 6.54 Å². The fourth-order valence-electron chi connectivity index (χ4n) is 1.94. The molecule has 0 atom stereocenters. The molecule has 3 rings (SSSR count). The van der Waals surface area contributed by atoms with Crippen molar-refractivity contribution >= 4 is 11.3 Å². The van der Waals surface area contributed by atoms with Gasteiger partial charge in [0, 0.05) is 37.5 Å². The van der Waals surface area contributed by atoms with E-state index in [2.05, 4.69) is 43.0 Å². The van der Waals surface area contributed by atoms with Crippen molar-refractivity contribution in [2.45, 2.75) is 13.0 Å². The maximum atomic E-state index is 4.20. The van der Waals surface area contributed by atoms with Crippen LogP contribution >= 0.6 is 11.3 Å². The van der Waals surface area contributed by atoms with E-state index in [0.717, 1.165) is 31.0 Å². The zero-order valence-corrected chi connectivity index (χ0v) is 11.2. The number of thiophene rings is 1. The van der Waals surface area contributed by atoms with Gasteiger partial charge in [-0.2, -0.15) is 5.10 Å². The van der Waals surface area contributed by atoms with Gasteiger partial charge in [-0.15, -0.1) is 11.3 Å². The standard InChI is InChI=1S/C13H15N5S/c1-2-11(19-7-1)13-10(9-17-18-13)8-14-4-3-12-15-5-6-16-12/h1-2,5-7,9,14H,3-4,8H2,(H,15,16)(H,17,18). The molecule has 6 heteroatoms. The maximum absolute atomic E-state index is 4.20. The van der Waals surface area contributed by atoms with E-state index in [4.69, 9.17) is 0 Å². The monoisotopic (exact) mass is 273 g/mol. The number of imidazole rings is 1. The minimum atomic E-state index is 0.810. The normalized spacial score (nSPS) is 10.9. The van der Waals surface area contributed by atoms with Crippen LogP contribution in [0.25, 0.3) is 10.6 Å². The van der Waals surface area contributed by atoms with Gasteiger partial charge in [-0.3, -0.25) is 5.10 Å². The van der Waals surface area contributed by atoms with Crippen LogP contribution in [0.1, 0.15) is 11.4 Å². The molecule has 98 valence electrons. The molecule has 0 aliphatic carbocycles. The Kier molecular flexibility index (Phi) is 3.71. The summed E-state index contributed by atoms with van der Waals surface area (Å²) < 4.78 is 0. The number of nitrogens with one attached hydrogen (secondary N) is 3.